The van der Waals surface area contributed by atoms with Gasteiger partial charge in [-0.2, -0.15) is 17.0 Å². The molecule has 1 aromatic heterocycles. The van der Waals surface area contributed by atoms with Crippen LogP contribution in [-0.2, 0) is 5.75 Å². The van der Waals surface area contributed by atoms with Crippen LogP contribution in [0.25, 0.3) is 0 Å². The largest absolute Gasteiger partial charge is 0.468 e. The number of nitrogens with one attached hydrogen (secondary N) is 1. The van der Waals surface area contributed by atoms with Crippen molar-refractivity contribution in [2.45, 2.75) is 31.6 Å². The minimum atomic E-state index is -0.398. The number of thioether (sulfide) groups is 1. The Balaban J connectivity index is 2.21. The quantitative estimate of drug-likeness (QED) is 0.742. The van der Waals surface area contributed by atoms with Crippen LogP contribution in [0.5, 0.6) is 0 Å². The Morgan fingerprint density at radius 1 is 1.62 bits per heavy atom. The van der Waals surface area contributed by atoms with Crippen molar-refractivity contribution in [1.29, 1.82) is 5.26 Å². The van der Waals surface area contributed by atoms with Crippen molar-refractivity contribution in [3.05, 3.63) is 24.2 Å². The van der Waals surface area contributed by atoms with Crippen LogP contribution < -0.4 is 5.32 Å². The van der Waals surface area contributed by atoms with E-state index in [4.69, 9.17) is 9.68 Å². The fourth-order valence-electron chi connectivity index (χ4n) is 1.42. The van der Waals surface area contributed by atoms with Crippen LogP contribution in [0.3, 0.4) is 0 Å². The first-order valence-corrected chi connectivity index (χ1v) is 6.62. The van der Waals surface area contributed by atoms with Crippen molar-refractivity contribution in [2.75, 3.05) is 12.3 Å². The topological polar surface area (TPSA) is 49.0 Å². The SMILES string of the molecule is CCNC(C)(C#N)CCSCc1ccco1. The third-order valence-electron chi connectivity index (χ3n) is 2.38. The van der Waals surface area contributed by atoms with Gasteiger partial charge in [0.05, 0.1) is 18.1 Å². The predicted octanol–water partition coefficient (Wildman–Crippen LogP) is 2.79. The van der Waals surface area contributed by atoms with Gasteiger partial charge in [-0.25, -0.2) is 0 Å². The molecule has 16 heavy (non-hydrogen) atoms. The van der Waals surface area contributed by atoms with Gasteiger partial charge >= 0.3 is 0 Å². The summed E-state index contributed by atoms with van der Waals surface area (Å²) in [6, 6.07) is 6.19. The fourth-order valence-corrected chi connectivity index (χ4v) is 2.48. The third kappa shape index (κ3) is 4.30. The van der Waals surface area contributed by atoms with Gasteiger partial charge in [0.25, 0.3) is 0 Å². The van der Waals surface area contributed by atoms with Crippen molar-refractivity contribution >= 4 is 11.8 Å². The Morgan fingerprint density at radius 3 is 3.00 bits per heavy atom. The molecule has 1 unspecified atom stereocenters. The van der Waals surface area contributed by atoms with Crippen molar-refractivity contribution < 1.29 is 4.42 Å². The van der Waals surface area contributed by atoms with Gasteiger partial charge in [0, 0.05) is 0 Å². The molecule has 0 aliphatic rings. The van der Waals surface area contributed by atoms with Gasteiger partial charge in [0.1, 0.15) is 11.3 Å². The van der Waals surface area contributed by atoms with Crippen LogP contribution in [-0.4, -0.2) is 17.8 Å². The van der Waals surface area contributed by atoms with E-state index in [2.05, 4.69) is 11.4 Å². The number of nitriles is 1. The number of nitrogens with zero attached hydrogens (tertiary/aromatic N) is 1. The van der Waals surface area contributed by atoms with Crippen LogP contribution in [0.2, 0.25) is 0 Å². The molecule has 1 atom stereocenters. The molecule has 0 aromatic carbocycles. The van der Waals surface area contributed by atoms with Gasteiger partial charge in [0.15, 0.2) is 0 Å². The van der Waals surface area contributed by atoms with E-state index in [1.165, 1.54) is 0 Å². The number of furan rings is 1. The van der Waals surface area contributed by atoms with E-state index in [1.54, 1.807) is 18.0 Å². The smallest absolute Gasteiger partial charge is 0.113 e. The van der Waals surface area contributed by atoms with Crippen LogP contribution in [0, 0.1) is 11.3 Å². The zero-order valence-corrected chi connectivity index (χ0v) is 10.6. The zero-order chi connectivity index (χ0) is 11.9. The molecule has 0 spiro atoms. The van der Waals surface area contributed by atoms with Crippen molar-refractivity contribution in [3.63, 3.8) is 0 Å². The number of hydrogen-bond acceptors (Lipinski definition) is 4. The monoisotopic (exact) mass is 238 g/mol. The molecule has 0 amide bonds. The summed E-state index contributed by atoms with van der Waals surface area (Å²) >= 11 is 1.79. The average molecular weight is 238 g/mol. The summed E-state index contributed by atoms with van der Waals surface area (Å²) in [5, 5.41) is 12.3. The molecule has 1 heterocycles. The molecule has 3 nitrogen and oxygen atoms in total. The summed E-state index contributed by atoms with van der Waals surface area (Å²) < 4.78 is 5.24. The molecule has 1 N–H and O–H groups in total. The highest BCUT2D eigenvalue weighted by atomic mass is 32.2. The molecular formula is C12H18N2OS. The van der Waals surface area contributed by atoms with Crippen LogP contribution in [0.1, 0.15) is 26.0 Å². The lowest BCUT2D eigenvalue weighted by Crippen LogP contribution is -2.41. The molecule has 0 saturated heterocycles. The van der Waals surface area contributed by atoms with Gasteiger partial charge in [-0.05, 0) is 37.8 Å². The van der Waals surface area contributed by atoms with E-state index in [1.807, 2.05) is 26.0 Å². The second-order valence-electron chi connectivity index (χ2n) is 3.86. The van der Waals surface area contributed by atoms with Gasteiger partial charge in [-0.15, -0.1) is 0 Å². The van der Waals surface area contributed by atoms with Gasteiger partial charge in [-0.1, -0.05) is 6.92 Å². The molecule has 0 radical (unpaired) electrons. The Morgan fingerprint density at radius 2 is 2.44 bits per heavy atom. The fraction of sp³-hybridized carbons (Fsp3) is 0.583. The summed E-state index contributed by atoms with van der Waals surface area (Å²) in [5.74, 6) is 2.82. The Bertz CT molecular complexity index is 331. The zero-order valence-electron chi connectivity index (χ0n) is 9.82. The van der Waals surface area contributed by atoms with Gasteiger partial charge in [-0.3, -0.25) is 5.32 Å². The standard InChI is InChI=1S/C12H18N2OS/c1-3-14-12(2,10-13)6-8-16-9-11-5-4-7-15-11/h4-5,7,14H,3,6,8-9H2,1-2H3. The molecule has 88 valence electrons. The van der Waals surface area contributed by atoms with E-state index >= 15 is 0 Å². The van der Waals surface area contributed by atoms with Crippen LogP contribution >= 0.6 is 11.8 Å². The first-order chi connectivity index (χ1) is 7.70. The minimum absolute atomic E-state index is 0.398. The van der Waals surface area contributed by atoms with E-state index in [-0.39, 0.29) is 0 Å². The molecule has 1 aromatic rings. The van der Waals surface area contributed by atoms with E-state index in [0.717, 1.165) is 30.2 Å². The van der Waals surface area contributed by atoms with Gasteiger partial charge in [0.2, 0.25) is 0 Å². The minimum Gasteiger partial charge on any atom is -0.468 e. The van der Waals surface area contributed by atoms with E-state index in [9.17, 15) is 0 Å². The first-order valence-electron chi connectivity index (χ1n) is 5.46. The Labute approximate surface area is 101 Å². The highest BCUT2D eigenvalue weighted by Gasteiger charge is 2.21. The molecule has 4 heteroatoms. The van der Waals surface area contributed by atoms with Crippen molar-refractivity contribution in [1.82, 2.24) is 5.32 Å². The molecule has 0 aliphatic carbocycles. The number of rotatable bonds is 7. The predicted molar refractivity (Wildman–Crippen MR) is 67.2 cm³/mol. The van der Waals surface area contributed by atoms with Crippen molar-refractivity contribution in [3.8, 4) is 6.07 Å². The highest BCUT2D eigenvalue weighted by Crippen LogP contribution is 2.17. The summed E-state index contributed by atoms with van der Waals surface area (Å²) in [4.78, 5) is 0. The lowest BCUT2D eigenvalue weighted by atomic mass is 10.0. The van der Waals surface area contributed by atoms with Crippen LogP contribution in [0.4, 0.5) is 0 Å². The second-order valence-corrected chi connectivity index (χ2v) is 4.96. The van der Waals surface area contributed by atoms with Crippen molar-refractivity contribution in [2.24, 2.45) is 0 Å². The molecule has 0 bridgehead atoms. The summed E-state index contributed by atoms with van der Waals surface area (Å²) in [7, 11) is 0. The van der Waals surface area contributed by atoms with E-state index in [0.29, 0.717) is 0 Å². The summed E-state index contributed by atoms with van der Waals surface area (Å²) in [6.45, 7) is 4.79. The maximum Gasteiger partial charge on any atom is 0.113 e. The normalized spacial score (nSPS) is 14.3. The Kier molecular flexibility index (Phi) is 5.44. The van der Waals surface area contributed by atoms with E-state index < -0.39 is 5.54 Å². The molecular weight excluding hydrogens is 220 g/mol. The third-order valence-corrected chi connectivity index (χ3v) is 3.37. The maximum absolute atomic E-state index is 9.06. The highest BCUT2D eigenvalue weighted by molar-refractivity contribution is 7.98. The first kappa shape index (κ1) is 13.1. The Hall–Kier alpha value is -0.920. The molecule has 1 rings (SSSR count). The second kappa shape index (κ2) is 6.62. The lowest BCUT2D eigenvalue weighted by Gasteiger charge is -2.21. The average Bonchev–Trinajstić information content (AvgIpc) is 2.78. The summed E-state index contributed by atoms with van der Waals surface area (Å²) in [5.41, 5.74) is -0.398. The lowest BCUT2D eigenvalue weighted by molar-refractivity contribution is 0.450. The van der Waals surface area contributed by atoms with Gasteiger partial charge < -0.3 is 4.42 Å². The maximum atomic E-state index is 9.06. The molecule has 0 aliphatic heterocycles. The molecule has 0 fully saturated rings. The molecule has 0 saturated carbocycles. The summed E-state index contributed by atoms with van der Waals surface area (Å²) in [6.07, 6.45) is 2.54. The number of hydrogen-bond donors (Lipinski definition) is 1. The van der Waals surface area contributed by atoms with Crippen LogP contribution in [0.15, 0.2) is 22.8 Å².